The maximum Gasteiger partial charge on any atom is 0.491 e. The van der Waals surface area contributed by atoms with E-state index in [-0.39, 0.29) is 22.9 Å². The summed E-state index contributed by atoms with van der Waals surface area (Å²) < 4.78 is 43.2. The Labute approximate surface area is 206 Å². The first-order chi connectivity index (χ1) is 16.8. The lowest BCUT2D eigenvalue weighted by Crippen LogP contribution is -2.35. The van der Waals surface area contributed by atoms with Crippen LogP contribution in [-0.4, -0.2) is 43.1 Å². The summed E-state index contributed by atoms with van der Waals surface area (Å²) >= 11 is 0. The Morgan fingerprint density at radius 3 is 2.22 bits per heavy atom. The van der Waals surface area contributed by atoms with Crippen LogP contribution < -0.4 is 26.4 Å². The minimum absolute atomic E-state index is 0.0913. The van der Waals surface area contributed by atoms with E-state index >= 15 is 0 Å². The van der Waals surface area contributed by atoms with Gasteiger partial charge in [0.25, 0.3) is 11.8 Å². The molecule has 1 saturated heterocycles. The smallest absolute Gasteiger partial charge is 0.419 e. The van der Waals surface area contributed by atoms with Gasteiger partial charge < -0.3 is 26.4 Å². The number of rotatable bonds is 6. The van der Waals surface area contributed by atoms with Crippen LogP contribution in [0, 0.1) is 0 Å². The molecule has 0 spiro atoms. The van der Waals surface area contributed by atoms with Crippen molar-refractivity contribution in [2.75, 3.05) is 23.7 Å². The van der Waals surface area contributed by atoms with Crippen molar-refractivity contribution in [3.63, 3.8) is 0 Å². The van der Waals surface area contributed by atoms with Crippen LogP contribution in [0.1, 0.15) is 59.9 Å². The van der Waals surface area contributed by atoms with Crippen LogP contribution in [0.3, 0.4) is 0 Å². The quantitative estimate of drug-likeness (QED) is 0.347. The number of benzene rings is 2. The van der Waals surface area contributed by atoms with E-state index < -0.39 is 35.1 Å². The summed E-state index contributed by atoms with van der Waals surface area (Å²) in [4.78, 5) is 36.5. The number of piperidine rings is 1. The third kappa shape index (κ3) is 6.75. The number of hydrogen-bond acceptors (Lipinski definition) is 6. The highest BCUT2D eigenvalue weighted by Gasteiger charge is 2.42. The number of carbonyl (C=O) groups is 3. The summed E-state index contributed by atoms with van der Waals surface area (Å²) in [6, 6.07) is 8.67. The molecule has 0 unspecified atom stereocenters. The molecule has 8 nitrogen and oxygen atoms in total. The molecule has 5 N–H and O–H groups in total. The highest BCUT2D eigenvalue weighted by Crippen LogP contribution is 2.31. The molecule has 3 rings (SSSR count). The molecule has 0 aromatic heterocycles. The zero-order valence-corrected chi connectivity index (χ0v) is 20.2. The second-order valence-electron chi connectivity index (χ2n) is 9.60. The number of nitrogens with two attached hydrogens (primary N) is 1. The van der Waals surface area contributed by atoms with Gasteiger partial charge in [-0.2, -0.15) is 13.2 Å². The Morgan fingerprint density at radius 1 is 1.00 bits per heavy atom. The van der Waals surface area contributed by atoms with Crippen molar-refractivity contribution >= 4 is 29.2 Å². The Balaban J connectivity index is 1.91. The van der Waals surface area contributed by atoms with Gasteiger partial charge in [-0.1, -0.05) is 26.8 Å². The zero-order valence-electron chi connectivity index (χ0n) is 20.2. The number of alkyl halides is 3. The van der Waals surface area contributed by atoms with Crippen LogP contribution in [0.5, 0.6) is 5.75 Å². The molecule has 0 aliphatic carbocycles. The number of anilines is 2. The fourth-order valence-electron chi connectivity index (χ4n) is 3.76. The summed E-state index contributed by atoms with van der Waals surface area (Å²) in [7, 11) is 0. The number of amides is 2. The molecule has 0 saturated carbocycles. The summed E-state index contributed by atoms with van der Waals surface area (Å²) in [6.45, 7) is 7.10. The lowest BCUT2D eigenvalue weighted by atomic mass is 9.86. The Kier molecular flexibility index (Phi) is 7.92. The second-order valence-corrected chi connectivity index (χ2v) is 9.60. The lowest BCUT2D eigenvalue weighted by Gasteiger charge is -2.26. The summed E-state index contributed by atoms with van der Waals surface area (Å²) in [5, 5.41) is 9.11. The van der Waals surface area contributed by atoms with Crippen LogP contribution in [-0.2, 0) is 10.2 Å². The molecule has 1 fully saturated rings. The van der Waals surface area contributed by atoms with Crippen molar-refractivity contribution in [1.82, 2.24) is 5.32 Å². The van der Waals surface area contributed by atoms with Crippen LogP contribution in [0.2, 0.25) is 0 Å². The van der Waals surface area contributed by atoms with E-state index in [0.29, 0.717) is 11.3 Å². The number of esters is 1. The van der Waals surface area contributed by atoms with E-state index in [1.807, 2.05) is 20.8 Å². The first-order valence-electron chi connectivity index (χ1n) is 11.4. The highest BCUT2D eigenvalue weighted by molar-refractivity contribution is 6.07. The van der Waals surface area contributed by atoms with Gasteiger partial charge >= 0.3 is 12.1 Å². The second kappa shape index (κ2) is 10.6. The summed E-state index contributed by atoms with van der Waals surface area (Å²) in [6.07, 6.45) is -3.59. The normalized spacial score (nSPS) is 14.7. The van der Waals surface area contributed by atoms with E-state index in [4.69, 9.17) is 5.73 Å². The van der Waals surface area contributed by atoms with Gasteiger partial charge in [0.1, 0.15) is 5.75 Å². The molecule has 2 amide bonds. The van der Waals surface area contributed by atoms with Crippen molar-refractivity contribution in [3.05, 3.63) is 53.1 Å². The number of carbonyl (C=O) groups excluding carboxylic acids is 3. The first kappa shape index (κ1) is 27.0. The predicted molar refractivity (Wildman–Crippen MR) is 129 cm³/mol. The standard InChI is InChI=1S/C25H29F3N4O4/c1-24(2,3)14-4-6-18(20(12-14)36-23(35)25(26,27)28)22(34)32-16-5-7-17(21(29)33)19(13-16)31-15-8-10-30-11-9-15/h4-7,12-13,15,30-31H,8-11H2,1-3H3,(H2,29,33)(H,32,34). The van der Waals surface area contributed by atoms with Gasteiger partial charge in [-0.05, 0) is 67.2 Å². The Hall–Kier alpha value is -3.60. The molecule has 2 aromatic rings. The molecule has 0 atom stereocenters. The monoisotopic (exact) mass is 506 g/mol. The van der Waals surface area contributed by atoms with E-state index in [1.54, 1.807) is 6.07 Å². The van der Waals surface area contributed by atoms with Crippen molar-refractivity contribution in [1.29, 1.82) is 0 Å². The molecular formula is C25H29F3N4O4. The number of nitrogens with one attached hydrogen (secondary N) is 3. The number of ether oxygens (including phenoxy) is 1. The third-order valence-electron chi connectivity index (χ3n) is 5.77. The van der Waals surface area contributed by atoms with Crippen LogP contribution in [0.15, 0.2) is 36.4 Å². The maximum atomic E-state index is 13.0. The molecule has 0 radical (unpaired) electrons. The molecule has 11 heteroatoms. The van der Waals surface area contributed by atoms with E-state index in [0.717, 1.165) is 25.9 Å². The average Bonchev–Trinajstić information content (AvgIpc) is 2.78. The van der Waals surface area contributed by atoms with Gasteiger partial charge in [-0.15, -0.1) is 0 Å². The molecular weight excluding hydrogens is 477 g/mol. The van der Waals surface area contributed by atoms with E-state index in [9.17, 15) is 27.6 Å². The Bertz CT molecular complexity index is 1150. The topological polar surface area (TPSA) is 123 Å². The third-order valence-corrected chi connectivity index (χ3v) is 5.77. The van der Waals surface area contributed by atoms with E-state index in [2.05, 4.69) is 20.7 Å². The molecule has 2 aromatic carbocycles. The van der Waals surface area contributed by atoms with Crippen molar-refractivity contribution < 1.29 is 32.3 Å². The van der Waals surface area contributed by atoms with Gasteiger partial charge in [0.2, 0.25) is 0 Å². The minimum Gasteiger partial charge on any atom is -0.419 e. The molecule has 0 bridgehead atoms. The predicted octanol–water partition coefficient (Wildman–Crippen LogP) is 3.97. The minimum atomic E-state index is -5.23. The fourth-order valence-corrected chi connectivity index (χ4v) is 3.76. The first-order valence-corrected chi connectivity index (χ1v) is 11.4. The average molecular weight is 507 g/mol. The highest BCUT2D eigenvalue weighted by atomic mass is 19.4. The largest absolute Gasteiger partial charge is 0.491 e. The van der Waals surface area contributed by atoms with Crippen LogP contribution in [0.4, 0.5) is 24.5 Å². The zero-order chi connectivity index (χ0) is 26.7. The van der Waals surface area contributed by atoms with E-state index in [1.165, 1.54) is 30.3 Å². The number of halogens is 3. The van der Waals surface area contributed by atoms with Crippen LogP contribution >= 0.6 is 0 Å². The fraction of sp³-hybridized carbons (Fsp3) is 0.400. The molecule has 1 heterocycles. The van der Waals surface area contributed by atoms with Gasteiger partial charge in [-0.25, -0.2) is 4.79 Å². The number of primary amides is 1. The summed E-state index contributed by atoms with van der Waals surface area (Å²) in [5.41, 5.74) is 6.27. The summed E-state index contributed by atoms with van der Waals surface area (Å²) in [5.74, 6) is -4.38. The molecule has 1 aliphatic heterocycles. The van der Waals surface area contributed by atoms with Crippen molar-refractivity contribution in [2.24, 2.45) is 5.73 Å². The van der Waals surface area contributed by atoms with Crippen LogP contribution in [0.25, 0.3) is 0 Å². The van der Waals surface area contributed by atoms with Gasteiger partial charge in [0, 0.05) is 17.4 Å². The van der Waals surface area contributed by atoms with Crippen molar-refractivity contribution in [2.45, 2.75) is 51.2 Å². The maximum absolute atomic E-state index is 13.0. The van der Waals surface area contributed by atoms with Gasteiger partial charge in [-0.3, -0.25) is 9.59 Å². The Morgan fingerprint density at radius 2 is 1.64 bits per heavy atom. The van der Waals surface area contributed by atoms with Gasteiger partial charge in [0.15, 0.2) is 0 Å². The van der Waals surface area contributed by atoms with Gasteiger partial charge in [0.05, 0.1) is 11.1 Å². The molecule has 194 valence electrons. The molecule has 36 heavy (non-hydrogen) atoms. The lowest BCUT2D eigenvalue weighted by molar-refractivity contribution is -0.189. The van der Waals surface area contributed by atoms with Crippen molar-refractivity contribution in [3.8, 4) is 5.75 Å². The number of hydrogen-bond donors (Lipinski definition) is 4. The molecule has 1 aliphatic rings. The SMILES string of the molecule is CC(C)(C)c1ccc(C(=O)Nc2ccc(C(N)=O)c(NC3CCNCC3)c2)c(OC(=O)C(F)(F)F)c1.